The molecule has 4 heteroatoms. The topological polar surface area (TPSA) is 50.1 Å². The van der Waals surface area contributed by atoms with Crippen LogP contribution in [-0.4, -0.2) is 5.78 Å². The van der Waals surface area contributed by atoms with Crippen LogP contribution in [0.2, 0.25) is 0 Å². The van der Waals surface area contributed by atoms with E-state index >= 15 is 0 Å². The Morgan fingerprint density at radius 1 is 1.19 bits per heavy atom. The van der Waals surface area contributed by atoms with Gasteiger partial charge in [0.15, 0.2) is 5.78 Å². The number of carbonyl (C=O) groups excluding carboxylic acids is 1. The number of ketones is 1. The number of benzene rings is 2. The fraction of sp³-hybridized carbons (Fsp3) is 0.176. The Bertz CT molecular complexity index is 762. The number of hydrogen-bond acceptors (Lipinski definition) is 3. The molecule has 0 aromatic heterocycles. The zero-order valence-electron chi connectivity index (χ0n) is 11.2. The Morgan fingerprint density at radius 3 is 2.81 bits per heavy atom. The Labute approximate surface area is 121 Å². The highest BCUT2D eigenvalue weighted by molar-refractivity contribution is 6.01. The molecule has 1 aliphatic rings. The normalized spacial score (nSPS) is 12.9. The molecule has 0 atom stereocenters. The molecule has 1 aliphatic carbocycles. The summed E-state index contributed by atoms with van der Waals surface area (Å²) in [6, 6.07) is 11.8. The van der Waals surface area contributed by atoms with Crippen molar-refractivity contribution in [2.45, 2.75) is 19.4 Å². The standard InChI is InChI=1S/C17H12FNO2/c18-17-11(9-19)3-1-4-12(17)10-21-16-6-2-5-13-14(16)7-8-15(13)20/h1-6H,7-8,10H2. The van der Waals surface area contributed by atoms with Gasteiger partial charge in [0.25, 0.3) is 0 Å². The highest BCUT2D eigenvalue weighted by Crippen LogP contribution is 2.31. The van der Waals surface area contributed by atoms with E-state index in [1.807, 2.05) is 0 Å². The number of carbonyl (C=O) groups is 1. The number of hydrogen-bond donors (Lipinski definition) is 0. The van der Waals surface area contributed by atoms with E-state index in [0.717, 1.165) is 5.56 Å². The second-order valence-corrected chi connectivity index (χ2v) is 4.88. The Morgan fingerprint density at radius 2 is 2.00 bits per heavy atom. The molecule has 2 aromatic rings. The minimum absolute atomic E-state index is 0.00423. The average Bonchev–Trinajstić information content (AvgIpc) is 2.88. The van der Waals surface area contributed by atoms with Crippen LogP contribution >= 0.6 is 0 Å². The Hall–Kier alpha value is -2.67. The zero-order chi connectivity index (χ0) is 14.8. The van der Waals surface area contributed by atoms with Crippen molar-refractivity contribution >= 4 is 5.78 Å². The number of halogens is 1. The first-order chi connectivity index (χ1) is 10.2. The van der Waals surface area contributed by atoms with Crippen molar-refractivity contribution in [3.8, 4) is 11.8 Å². The van der Waals surface area contributed by atoms with Crippen molar-refractivity contribution in [2.75, 3.05) is 0 Å². The maximum Gasteiger partial charge on any atom is 0.163 e. The molecule has 0 saturated heterocycles. The molecule has 21 heavy (non-hydrogen) atoms. The van der Waals surface area contributed by atoms with Crippen molar-refractivity contribution in [2.24, 2.45) is 0 Å². The summed E-state index contributed by atoms with van der Waals surface area (Å²) in [6.45, 7) is 0.0337. The van der Waals surface area contributed by atoms with Crippen LogP contribution in [0.3, 0.4) is 0 Å². The third-order valence-corrected chi connectivity index (χ3v) is 3.62. The summed E-state index contributed by atoms with van der Waals surface area (Å²) >= 11 is 0. The van der Waals surface area contributed by atoms with Gasteiger partial charge in [0.1, 0.15) is 24.2 Å². The quantitative estimate of drug-likeness (QED) is 0.866. The summed E-state index contributed by atoms with van der Waals surface area (Å²) in [5, 5.41) is 8.82. The van der Waals surface area contributed by atoms with Gasteiger partial charge in [-0.3, -0.25) is 4.79 Å². The van der Waals surface area contributed by atoms with Crippen LogP contribution in [0.15, 0.2) is 36.4 Å². The molecule has 0 bridgehead atoms. The first-order valence-electron chi connectivity index (χ1n) is 6.66. The van der Waals surface area contributed by atoms with Crippen LogP contribution in [0.5, 0.6) is 5.75 Å². The van der Waals surface area contributed by atoms with Gasteiger partial charge in [-0.1, -0.05) is 24.3 Å². The lowest BCUT2D eigenvalue weighted by molar-refractivity contribution is 0.0994. The summed E-state index contributed by atoms with van der Waals surface area (Å²) in [7, 11) is 0. The molecule has 0 spiro atoms. The maximum atomic E-state index is 14.0. The van der Waals surface area contributed by atoms with E-state index in [1.54, 1.807) is 36.4 Å². The lowest BCUT2D eigenvalue weighted by Crippen LogP contribution is -2.02. The molecule has 0 saturated carbocycles. The smallest absolute Gasteiger partial charge is 0.163 e. The Balaban J connectivity index is 1.84. The van der Waals surface area contributed by atoms with Crippen LogP contribution in [-0.2, 0) is 13.0 Å². The van der Waals surface area contributed by atoms with Crippen LogP contribution in [0.25, 0.3) is 0 Å². The van der Waals surface area contributed by atoms with E-state index in [1.165, 1.54) is 6.07 Å². The summed E-state index contributed by atoms with van der Waals surface area (Å²) in [5.41, 5.74) is 1.92. The number of nitrogens with zero attached hydrogens (tertiary/aromatic N) is 1. The van der Waals surface area contributed by atoms with Gasteiger partial charge in [0.05, 0.1) is 5.56 Å². The number of fused-ring (bicyclic) bond motifs is 1. The minimum Gasteiger partial charge on any atom is -0.488 e. The predicted octanol–water partition coefficient (Wildman–Crippen LogP) is 3.41. The molecule has 0 heterocycles. The molecule has 0 radical (unpaired) electrons. The molecule has 0 aliphatic heterocycles. The monoisotopic (exact) mass is 281 g/mol. The highest BCUT2D eigenvalue weighted by Gasteiger charge is 2.22. The third kappa shape index (κ3) is 2.38. The SMILES string of the molecule is N#Cc1cccc(COc2cccc3c2CCC3=O)c1F. The van der Waals surface area contributed by atoms with Crippen molar-refractivity contribution < 1.29 is 13.9 Å². The van der Waals surface area contributed by atoms with Crippen LogP contribution in [0.4, 0.5) is 4.39 Å². The molecule has 0 unspecified atom stereocenters. The summed E-state index contributed by atoms with van der Waals surface area (Å²) in [6.07, 6.45) is 1.15. The number of ether oxygens (including phenoxy) is 1. The van der Waals surface area contributed by atoms with E-state index in [4.69, 9.17) is 10.00 Å². The predicted molar refractivity (Wildman–Crippen MR) is 74.5 cm³/mol. The summed E-state index contributed by atoms with van der Waals surface area (Å²) < 4.78 is 19.6. The van der Waals surface area contributed by atoms with Crippen LogP contribution < -0.4 is 4.74 Å². The number of nitriles is 1. The third-order valence-electron chi connectivity index (χ3n) is 3.62. The number of rotatable bonds is 3. The largest absolute Gasteiger partial charge is 0.488 e. The van der Waals surface area contributed by atoms with Gasteiger partial charge in [0.2, 0.25) is 0 Å². The minimum atomic E-state index is -0.552. The molecule has 3 rings (SSSR count). The van der Waals surface area contributed by atoms with Crippen molar-refractivity contribution in [1.29, 1.82) is 5.26 Å². The van der Waals surface area contributed by atoms with Crippen LogP contribution in [0.1, 0.15) is 33.5 Å². The Kier molecular flexibility index (Phi) is 3.41. The van der Waals surface area contributed by atoms with Crippen molar-refractivity contribution in [3.63, 3.8) is 0 Å². The summed E-state index contributed by atoms with van der Waals surface area (Å²) in [4.78, 5) is 11.7. The van der Waals surface area contributed by atoms with Gasteiger partial charge in [-0.2, -0.15) is 5.26 Å². The summed E-state index contributed by atoms with van der Waals surface area (Å²) in [5.74, 6) is 0.178. The lowest BCUT2D eigenvalue weighted by Gasteiger charge is -2.11. The number of Topliss-reactive ketones (excluding diaryl/α,β-unsaturated/α-hetero) is 1. The first kappa shape index (κ1) is 13.3. The molecule has 104 valence electrons. The van der Waals surface area contributed by atoms with Gasteiger partial charge in [-0.15, -0.1) is 0 Å². The lowest BCUT2D eigenvalue weighted by atomic mass is 10.1. The molecule has 0 fully saturated rings. The van der Waals surface area contributed by atoms with Crippen molar-refractivity contribution in [3.05, 3.63) is 64.5 Å². The van der Waals surface area contributed by atoms with Gasteiger partial charge >= 0.3 is 0 Å². The molecular formula is C17H12FNO2. The molecule has 2 aromatic carbocycles. The zero-order valence-corrected chi connectivity index (χ0v) is 11.2. The molecule has 0 N–H and O–H groups in total. The van der Waals surface area contributed by atoms with Gasteiger partial charge in [0, 0.05) is 23.1 Å². The van der Waals surface area contributed by atoms with E-state index in [2.05, 4.69) is 0 Å². The highest BCUT2D eigenvalue weighted by atomic mass is 19.1. The van der Waals surface area contributed by atoms with E-state index in [9.17, 15) is 9.18 Å². The fourth-order valence-electron chi connectivity index (χ4n) is 2.53. The molecule has 0 amide bonds. The van der Waals surface area contributed by atoms with Gasteiger partial charge in [-0.05, 0) is 18.6 Å². The fourth-order valence-corrected chi connectivity index (χ4v) is 2.53. The average molecular weight is 281 g/mol. The maximum absolute atomic E-state index is 14.0. The van der Waals surface area contributed by atoms with Gasteiger partial charge < -0.3 is 4.74 Å². The second-order valence-electron chi connectivity index (χ2n) is 4.88. The second kappa shape index (κ2) is 5.37. The van der Waals surface area contributed by atoms with Crippen LogP contribution in [0, 0.1) is 17.1 Å². The van der Waals surface area contributed by atoms with Gasteiger partial charge in [-0.25, -0.2) is 4.39 Å². The molecular weight excluding hydrogens is 269 g/mol. The van der Waals surface area contributed by atoms with E-state index in [0.29, 0.717) is 29.7 Å². The van der Waals surface area contributed by atoms with E-state index in [-0.39, 0.29) is 18.0 Å². The van der Waals surface area contributed by atoms with E-state index < -0.39 is 5.82 Å². The molecule has 3 nitrogen and oxygen atoms in total. The first-order valence-corrected chi connectivity index (χ1v) is 6.66. The van der Waals surface area contributed by atoms with Crippen molar-refractivity contribution in [1.82, 2.24) is 0 Å².